The van der Waals surface area contributed by atoms with Crippen LogP contribution in [0, 0.1) is 17.1 Å². The summed E-state index contributed by atoms with van der Waals surface area (Å²) in [6, 6.07) is 6.63. The number of hydrogen-bond donors (Lipinski definition) is 1. The first-order valence-electron chi connectivity index (χ1n) is 7.63. The van der Waals surface area contributed by atoms with Gasteiger partial charge in [0.2, 0.25) is 0 Å². The molecule has 23 heavy (non-hydrogen) atoms. The third-order valence-electron chi connectivity index (χ3n) is 3.14. The van der Waals surface area contributed by atoms with Gasteiger partial charge in [0, 0.05) is 25.2 Å². The standard InChI is InChI=1S/C17H24FN3O2/c1-5-21(10-9-20-16(22)23-17(2,3)4)12-14-8-6-7-13(11-19)15(14)18/h6-8H,5,9-10,12H2,1-4H3,(H,20,22). The van der Waals surface area contributed by atoms with E-state index in [1.54, 1.807) is 32.9 Å². The third-order valence-corrected chi connectivity index (χ3v) is 3.14. The van der Waals surface area contributed by atoms with Crippen LogP contribution in [-0.2, 0) is 11.3 Å². The highest BCUT2D eigenvalue weighted by Gasteiger charge is 2.16. The molecule has 0 spiro atoms. The highest BCUT2D eigenvalue weighted by atomic mass is 19.1. The van der Waals surface area contributed by atoms with E-state index in [0.717, 1.165) is 0 Å². The number of nitrogens with one attached hydrogen (secondary N) is 1. The highest BCUT2D eigenvalue weighted by Crippen LogP contribution is 2.14. The Morgan fingerprint density at radius 3 is 2.70 bits per heavy atom. The van der Waals surface area contributed by atoms with E-state index < -0.39 is 17.5 Å². The first-order chi connectivity index (χ1) is 10.8. The minimum atomic E-state index is -0.532. The van der Waals surface area contributed by atoms with Crippen molar-refractivity contribution in [2.75, 3.05) is 19.6 Å². The number of hydrogen-bond acceptors (Lipinski definition) is 4. The van der Waals surface area contributed by atoms with Gasteiger partial charge in [-0.05, 0) is 33.4 Å². The van der Waals surface area contributed by atoms with Crippen LogP contribution in [0.5, 0.6) is 0 Å². The van der Waals surface area contributed by atoms with Gasteiger partial charge in [-0.2, -0.15) is 5.26 Å². The van der Waals surface area contributed by atoms with E-state index >= 15 is 0 Å². The molecule has 0 saturated carbocycles. The van der Waals surface area contributed by atoms with Crippen LogP contribution in [0.2, 0.25) is 0 Å². The van der Waals surface area contributed by atoms with Crippen molar-refractivity contribution in [3.8, 4) is 6.07 Å². The number of nitrogens with zero attached hydrogens (tertiary/aromatic N) is 2. The number of carbonyl (C=O) groups is 1. The largest absolute Gasteiger partial charge is 0.444 e. The summed E-state index contributed by atoms with van der Waals surface area (Å²) in [5, 5.41) is 11.5. The van der Waals surface area contributed by atoms with Crippen molar-refractivity contribution in [1.82, 2.24) is 10.2 Å². The molecule has 1 aromatic rings. The van der Waals surface area contributed by atoms with Crippen LogP contribution in [0.3, 0.4) is 0 Å². The average molecular weight is 321 g/mol. The van der Waals surface area contributed by atoms with Crippen molar-refractivity contribution in [3.63, 3.8) is 0 Å². The van der Waals surface area contributed by atoms with Crippen molar-refractivity contribution < 1.29 is 13.9 Å². The molecule has 126 valence electrons. The van der Waals surface area contributed by atoms with Crippen LogP contribution in [0.25, 0.3) is 0 Å². The predicted molar refractivity (Wildman–Crippen MR) is 86.3 cm³/mol. The van der Waals surface area contributed by atoms with Crippen LogP contribution in [0.15, 0.2) is 18.2 Å². The van der Waals surface area contributed by atoms with E-state index in [1.165, 1.54) is 6.07 Å². The summed E-state index contributed by atoms with van der Waals surface area (Å²) in [5.74, 6) is -0.478. The first-order valence-corrected chi connectivity index (χ1v) is 7.63. The van der Waals surface area contributed by atoms with Crippen LogP contribution in [0.4, 0.5) is 9.18 Å². The number of carbonyl (C=O) groups excluding carboxylic acids is 1. The zero-order valence-electron chi connectivity index (χ0n) is 14.1. The zero-order chi connectivity index (χ0) is 17.5. The maximum absolute atomic E-state index is 14.1. The van der Waals surface area contributed by atoms with E-state index in [1.807, 2.05) is 17.9 Å². The predicted octanol–water partition coefficient (Wildman–Crippen LogP) is 3.04. The lowest BCUT2D eigenvalue weighted by Gasteiger charge is -2.23. The summed E-state index contributed by atoms with van der Waals surface area (Å²) < 4.78 is 19.2. The zero-order valence-corrected chi connectivity index (χ0v) is 14.1. The second kappa shape index (κ2) is 8.49. The Bertz CT molecular complexity index is 576. The van der Waals surface area contributed by atoms with Gasteiger partial charge in [-0.25, -0.2) is 9.18 Å². The smallest absolute Gasteiger partial charge is 0.407 e. The molecule has 0 aliphatic carbocycles. The molecule has 0 aliphatic heterocycles. The Morgan fingerprint density at radius 2 is 2.13 bits per heavy atom. The number of nitriles is 1. The molecule has 1 N–H and O–H groups in total. The molecule has 1 rings (SSSR count). The Morgan fingerprint density at radius 1 is 1.43 bits per heavy atom. The van der Waals surface area contributed by atoms with Crippen molar-refractivity contribution in [2.45, 2.75) is 39.8 Å². The van der Waals surface area contributed by atoms with Crippen molar-refractivity contribution in [3.05, 3.63) is 35.1 Å². The lowest BCUT2D eigenvalue weighted by molar-refractivity contribution is 0.0522. The molecule has 0 fully saturated rings. The number of halogens is 1. The van der Waals surface area contributed by atoms with Gasteiger partial charge in [-0.3, -0.25) is 4.90 Å². The fraction of sp³-hybridized carbons (Fsp3) is 0.529. The molecule has 0 radical (unpaired) electrons. The Kier molecular flexibility index (Phi) is 6.98. The molecule has 0 unspecified atom stereocenters. The number of ether oxygens (including phenoxy) is 1. The van der Waals surface area contributed by atoms with Crippen LogP contribution in [-0.4, -0.2) is 36.2 Å². The minimum absolute atomic E-state index is 0.0467. The molecule has 0 heterocycles. The van der Waals surface area contributed by atoms with Gasteiger partial charge in [0.05, 0.1) is 5.56 Å². The molecule has 0 aliphatic rings. The monoisotopic (exact) mass is 321 g/mol. The van der Waals surface area contributed by atoms with Gasteiger partial charge < -0.3 is 10.1 Å². The molecule has 5 nitrogen and oxygen atoms in total. The number of rotatable bonds is 6. The van der Waals surface area contributed by atoms with Crippen molar-refractivity contribution in [1.29, 1.82) is 5.26 Å². The molecule has 0 aromatic heterocycles. The molecule has 0 saturated heterocycles. The van der Waals surface area contributed by atoms with E-state index in [2.05, 4.69) is 5.32 Å². The summed E-state index contributed by atoms with van der Waals surface area (Å²) >= 11 is 0. The number of amides is 1. The lowest BCUT2D eigenvalue weighted by Crippen LogP contribution is -2.37. The second-order valence-electron chi connectivity index (χ2n) is 6.19. The van der Waals surface area contributed by atoms with Crippen LogP contribution < -0.4 is 5.32 Å². The van der Waals surface area contributed by atoms with Crippen molar-refractivity contribution >= 4 is 6.09 Å². The quantitative estimate of drug-likeness (QED) is 0.874. The summed E-state index contributed by atoms with van der Waals surface area (Å²) in [6.07, 6.45) is -0.466. The molecular formula is C17H24FN3O2. The van der Waals surface area contributed by atoms with Gasteiger partial charge in [0.1, 0.15) is 17.5 Å². The first kappa shape index (κ1) is 18.9. The van der Waals surface area contributed by atoms with Gasteiger partial charge in [0.25, 0.3) is 0 Å². The fourth-order valence-electron chi connectivity index (χ4n) is 2.01. The van der Waals surface area contributed by atoms with Crippen LogP contribution in [0.1, 0.15) is 38.8 Å². The second-order valence-corrected chi connectivity index (χ2v) is 6.19. The maximum atomic E-state index is 14.1. The highest BCUT2D eigenvalue weighted by molar-refractivity contribution is 5.67. The molecule has 6 heteroatoms. The normalized spacial score (nSPS) is 11.2. The molecule has 1 amide bonds. The van der Waals surface area contributed by atoms with E-state index in [0.29, 0.717) is 31.7 Å². The third kappa shape index (κ3) is 6.66. The van der Waals surface area contributed by atoms with E-state index in [4.69, 9.17) is 10.00 Å². The Hall–Kier alpha value is -2.13. The number of alkyl carbamates (subject to hydrolysis) is 1. The Balaban J connectivity index is 2.53. The van der Waals surface area contributed by atoms with Crippen LogP contribution >= 0.6 is 0 Å². The molecule has 0 atom stereocenters. The van der Waals surface area contributed by atoms with E-state index in [-0.39, 0.29) is 5.56 Å². The molecular weight excluding hydrogens is 297 g/mol. The van der Waals surface area contributed by atoms with Gasteiger partial charge in [-0.1, -0.05) is 19.1 Å². The Labute approximate surface area is 137 Å². The SMILES string of the molecule is CCN(CCNC(=O)OC(C)(C)C)Cc1cccc(C#N)c1F. The maximum Gasteiger partial charge on any atom is 0.407 e. The number of benzene rings is 1. The summed E-state index contributed by atoms with van der Waals surface area (Å²) in [6.45, 7) is 9.41. The topological polar surface area (TPSA) is 65.4 Å². The van der Waals surface area contributed by atoms with Crippen molar-refractivity contribution in [2.24, 2.45) is 0 Å². The summed E-state index contributed by atoms with van der Waals surface area (Å²) in [4.78, 5) is 13.6. The fourth-order valence-corrected chi connectivity index (χ4v) is 2.01. The average Bonchev–Trinajstić information content (AvgIpc) is 2.46. The lowest BCUT2D eigenvalue weighted by atomic mass is 10.1. The van der Waals surface area contributed by atoms with Gasteiger partial charge in [-0.15, -0.1) is 0 Å². The van der Waals surface area contributed by atoms with E-state index in [9.17, 15) is 9.18 Å². The van der Waals surface area contributed by atoms with Gasteiger partial charge in [0.15, 0.2) is 0 Å². The molecule has 1 aromatic carbocycles. The summed E-state index contributed by atoms with van der Waals surface area (Å²) in [7, 11) is 0. The minimum Gasteiger partial charge on any atom is -0.444 e. The number of likely N-dealkylation sites (N-methyl/N-ethyl adjacent to an activating group) is 1. The van der Waals surface area contributed by atoms with Gasteiger partial charge >= 0.3 is 6.09 Å². The molecule has 0 bridgehead atoms. The summed E-state index contributed by atoms with van der Waals surface area (Å²) in [5.41, 5.74) is -0.0105.